The molecule has 4 aromatic rings. The number of aromatic nitrogens is 2. The molecule has 1 aliphatic carbocycles. The van der Waals surface area contributed by atoms with Gasteiger partial charge in [0.2, 0.25) is 0 Å². The number of methoxy groups -OCH3 is 1. The van der Waals surface area contributed by atoms with Gasteiger partial charge in [0.15, 0.2) is 6.61 Å². The van der Waals surface area contributed by atoms with Crippen LogP contribution < -0.4 is 10.3 Å². The monoisotopic (exact) mass is 547 g/mol. The Labute approximate surface area is 216 Å². The number of rotatable bonds is 6. The highest BCUT2D eigenvalue weighted by Crippen LogP contribution is 2.32. The summed E-state index contributed by atoms with van der Waals surface area (Å²) < 4.78 is 12.7. The Kier molecular flexibility index (Phi) is 7.13. The molecule has 5 rings (SSSR count). The van der Waals surface area contributed by atoms with Gasteiger partial charge in [0.25, 0.3) is 5.56 Å². The van der Waals surface area contributed by atoms with Crippen LogP contribution in [-0.2, 0) is 9.53 Å². The van der Waals surface area contributed by atoms with E-state index in [1.165, 1.54) is 18.2 Å². The molecule has 0 spiro atoms. The number of halogens is 1. The molecular formula is C28H26BrN3O4. The Morgan fingerprint density at radius 2 is 1.92 bits per heavy atom. The molecule has 1 saturated carbocycles. The minimum Gasteiger partial charge on any atom is -0.481 e. The topological polar surface area (TPSA) is 82.8 Å². The molecule has 0 radical (unpaired) electrons. The van der Waals surface area contributed by atoms with Gasteiger partial charge in [-0.2, -0.15) is 9.78 Å². The van der Waals surface area contributed by atoms with Crippen molar-refractivity contribution in [2.24, 2.45) is 5.10 Å². The number of hydrogen-bond acceptors (Lipinski definition) is 6. The third-order valence-electron chi connectivity index (χ3n) is 6.61. The lowest BCUT2D eigenvalue weighted by molar-refractivity contribution is -0.142. The molecule has 1 aromatic heterocycles. The zero-order chi connectivity index (χ0) is 25.1. The maximum Gasteiger partial charge on any atom is 0.343 e. The summed E-state index contributed by atoms with van der Waals surface area (Å²) in [7, 11) is 1.32. The smallest absolute Gasteiger partial charge is 0.343 e. The third-order valence-corrected chi connectivity index (χ3v) is 7.10. The number of benzene rings is 3. The Hall–Kier alpha value is -3.52. The van der Waals surface area contributed by atoms with Crippen LogP contribution in [-0.4, -0.2) is 35.6 Å². The van der Waals surface area contributed by atoms with Gasteiger partial charge in [-0.25, -0.2) is 9.78 Å². The maximum atomic E-state index is 13.7. The summed E-state index contributed by atoms with van der Waals surface area (Å²) in [4.78, 5) is 30.3. The van der Waals surface area contributed by atoms with Gasteiger partial charge in [-0.05, 0) is 47.9 Å². The average Bonchev–Trinajstić information content (AvgIpc) is 2.92. The number of ether oxygens (including phenoxy) is 2. The van der Waals surface area contributed by atoms with E-state index in [1.54, 1.807) is 18.3 Å². The van der Waals surface area contributed by atoms with Crippen LogP contribution in [0.1, 0.15) is 49.4 Å². The lowest BCUT2D eigenvalue weighted by Crippen LogP contribution is -2.25. The summed E-state index contributed by atoms with van der Waals surface area (Å²) in [6.45, 7) is -0.228. The molecule has 3 aromatic carbocycles. The van der Waals surface area contributed by atoms with E-state index in [0.717, 1.165) is 40.9 Å². The highest BCUT2D eigenvalue weighted by atomic mass is 79.9. The molecule has 0 aliphatic heterocycles. The Morgan fingerprint density at radius 3 is 2.72 bits per heavy atom. The fourth-order valence-corrected chi connectivity index (χ4v) is 5.11. The quantitative estimate of drug-likeness (QED) is 0.225. The first-order valence-electron chi connectivity index (χ1n) is 12.0. The third kappa shape index (κ3) is 4.91. The minimum atomic E-state index is -0.480. The van der Waals surface area contributed by atoms with E-state index in [1.807, 2.05) is 42.5 Å². The summed E-state index contributed by atoms with van der Waals surface area (Å²) in [6, 6.07) is 17.1. The fourth-order valence-electron chi connectivity index (χ4n) is 4.75. The molecule has 184 valence electrons. The molecule has 1 fully saturated rings. The predicted octanol–water partition coefficient (Wildman–Crippen LogP) is 5.79. The maximum absolute atomic E-state index is 13.7. The highest BCUT2D eigenvalue weighted by molar-refractivity contribution is 9.10. The largest absolute Gasteiger partial charge is 0.481 e. The van der Waals surface area contributed by atoms with Gasteiger partial charge in [-0.15, -0.1) is 0 Å². The molecule has 8 heteroatoms. The van der Waals surface area contributed by atoms with E-state index in [-0.39, 0.29) is 18.1 Å². The van der Waals surface area contributed by atoms with Crippen LogP contribution in [0.3, 0.4) is 0 Å². The van der Waals surface area contributed by atoms with Crippen molar-refractivity contribution >= 4 is 49.8 Å². The van der Waals surface area contributed by atoms with Crippen LogP contribution in [0.5, 0.6) is 5.75 Å². The van der Waals surface area contributed by atoms with Gasteiger partial charge in [0, 0.05) is 16.0 Å². The fraction of sp³-hybridized carbons (Fsp3) is 0.286. The molecule has 0 unspecified atom stereocenters. The predicted molar refractivity (Wildman–Crippen MR) is 144 cm³/mol. The SMILES string of the molecule is COC(=O)COc1ccc2ccccc2c1C=Nn1c(C2CCCCC2)nc2ccc(Br)cc2c1=O. The van der Waals surface area contributed by atoms with Gasteiger partial charge < -0.3 is 9.47 Å². The first-order chi connectivity index (χ1) is 17.5. The Balaban J connectivity index is 1.66. The Morgan fingerprint density at radius 1 is 1.11 bits per heavy atom. The van der Waals surface area contributed by atoms with Crippen molar-refractivity contribution in [3.63, 3.8) is 0 Å². The molecule has 0 atom stereocenters. The van der Waals surface area contributed by atoms with Crippen LogP contribution in [0.2, 0.25) is 0 Å². The number of carbonyl (C=O) groups excluding carboxylic acids is 1. The highest BCUT2D eigenvalue weighted by Gasteiger charge is 2.22. The van der Waals surface area contributed by atoms with E-state index in [9.17, 15) is 9.59 Å². The lowest BCUT2D eigenvalue weighted by atomic mass is 9.88. The summed E-state index contributed by atoms with van der Waals surface area (Å²) in [5.41, 5.74) is 1.13. The van der Waals surface area contributed by atoms with Gasteiger partial charge in [-0.1, -0.05) is 65.5 Å². The first kappa shape index (κ1) is 24.2. The van der Waals surface area contributed by atoms with E-state index in [2.05, 4.69) is 15.9 Å². The summed E-state index contributed by atoms with van der Waals surface area (Å²) in [5, 5.41) is 7.08. The summed E-state index contributed by atoms with van der Waals surface area (Å²) in [5.74, 6) is 0.847. The average molecular weight is 548 g/mol. The zero-order valence-corrected chi connectivity index (χ0v) is 21.5. The van der Waals surface area contributed by atoms with Crippen molar-refractivity contribution in [1.29, 1.82) is 0 Å². The second kappa shape index (κ2) is 10.6. The van der Waals surface area contributed by atoms with Crippen LogP contribution in [0.25, 0.3) is 21.7 Å². The van der Waals surface area contributed by atoms with E-state index in [4.69, 9.17) is 19.6 Å². The molecule has 0 amide bonds. The normalized spacial score (nSPS) is 14.5. The molecule has 1 aliphatic rings. The standard InChI is InChI=1S/C28H26BrN3O4/c1-35-26(33)17-36-25-14-11-18-7-5-6-10-21(18)23(25)16-30-32-27(19-8-3-2-4-9-19)31-24-13-12-20(29)15-22(24)28(32)34/h5-7,10-16,19H,2-4,8-9,17H2,1H3. The first-order valence-corrected chi connectivity index (χ1v) is 12.8. The van der Waals surface area contributed by atoms with Crippen molar-refractivity contribution in [3.05, 3.63) is 80.8 Å². The van der Waals surface area contributed by atoms with Gasteiger partial charge in [0.1, 0.15) is 11.6 Å². The molecule has 36 heavy (non-hydrogen) atoms. The second-order valence-electron chi connectivity index (χ2n) is 8.89. The van der Waals surface area contributed by atoms with Crippen molar-refractivity contribution < 1.29 is 14.3 Å². The van der Waals surface area contributed by atoms with E-state index < -0.39 is 5.97 Å². The summed E-state index contributed by atoms with van der Waals surface area (Å²) in [6.07, 6.45) is 7.00. The van der Waals surface area contributed by atoms with Crippen LogP contribution in [0.15, 0.2) is 69.0 Å². The molecule has 0 saturated heterocycles. The number of hydrogen-bond donors (Lipinski definition) is 0. The number of fused-ring (bicyclic) bond motifs is 2. The van der Waals surface area contributed by atoms with Crippen LogP contribution in [0, 0.1) is 0 Å². The number of carbonyl (C=O) groups is 1. The van der Waals surface area contributed by atoms with Crippen LogP contribution in [0.4, 0.5) is 0 Å². The summed E-state index contributed by atoms with van der Waals surface area (Å²) >= 11 is 3.46. The van der Waals surface area contributed by atoms with E-state index in [0.29, 0.717) is 28.0 Å². The number of esters is 1. The van der Waals surface area contributed by atoms with Crippen molar-refractivity contribution in [2.75, 3.05) is 13.7 Å². The van der Waals surface area contributed by atoms with Gasteiger partial charge in [0.05, 0.1) is 24.2 Å². The van der Waals surface area contributed by atoms with Crippen molar-refractivity contribution in [1.82, 2.24) is 9.66 Å². The molecule has 1 heterocycles. The molecular weight excluding hydrogens is 522 g/mol. The van der Waals surface area contributed by atoms with Crippen LogP contribution >= 0.6 is 15.9 Å². The molecule has 7 nitrogen and oxygen atoms in total. The second-order valence-corrected chi connectivity index (χ2v) is 9.81. The molecule has 0 bridgehead atoms. The van der Waals surface area contributed by atoms with Gasteiger partial charge >= 0.3 is 5.97 Å². The van der Waals surface area contributed by atoms with E-state index >= 15 is 0 Å². The Bertz CT molecular complexity index is 1520. The zero-order valence-electron chi connectivity index (χ0n) is 19.9. The number of nitrogens with zero attached hydrogens (tertiary/aromatic N) is 3. The molecule has 0 N–H and O–H groups in total. The lowest BCUT2D eigenvalue weighted by Gasteiger charge is -2.22. The van der Waals surface area contributed by atoms with Crippen molar-refractivity contribution in [2.45, 2.75) is 38.0 Å². The minimum absolute atomic E-state index is 0.166. The van der Waals surface area contributed by atoms with Gasteiger partial charge in [-0.3, -0.25) is 4.79 Å². The van der Waals surface area contributed by atoms with Crippen molar-refractivity contribution in [3.8, 4) is 5.75 Å².